The minimum atomic E-state index is 0.0936. The number of fused-ring (bicyclic) bond motifs is 5. The fraction of sp³-hybridized carbons (Fsp3) is 0.235. The van der Waals surface area contributed by atoms with Gasteiger partial charge in [-0.1, -0.05) is 24.3 Å². The lowest BCUT2D eigenvalue weighted by Crippen LogP contribution is -2.31. The summed E-state index contributed by atoms with van der Waals surface area (Å²) in [4.78, 5) is 14.7. The van der Waals surface area contributed by atoms with Gasteiger partial charge in [0.05, 0.1) is 13.2 Å². The maximum Gasteiger partial charge on any atom is 0.259 e. The molecule has 3 heteroatoms. The van der Waals surface area contributed by atoms with Crippen LogP contribution in [0.25, 0.3) is 0 Å². The molecule has 0 spiro atoms. The van der Waals surface area contributed by atoms with Gasteiger partial charge in [-0.3, -0.25) is 4.79 Å². The topological polar surface area (TPSA) is 29.5 Å². The van der Waals surface area contributed by atoms with Crippen LogP contribution in [0.2, 0.25) is 0 Å². The molecular formula is C17H15NO2. The summed E-state index contributed by atoms with van der Waals surface area (Å²) in [6, 6.07) is 14.2. The molecule has 0 radical (unpaired) electrons. The summed E-state index contributed by atoms with van der Waals surface area (Å²) >= 11 is 0. The van der Waals surface area contributed by atoms with E-state index in [4.69, 9.17) is 4.74 Å². The third-order valence-corrected chi connectivity index (χ3v) is 4.32. The van der Waals surface area contributed by atoms with Crippen LogP contribution in [0.15, 0.2) is 42.5 Å². The summed E-state index contributed by atoms with van der Waals surface area (Å²) in [5, 5.41) is 0. The summed E-state index contributed by atoms with van der Waals surface area (Å²) in [7, 11) is 1.63. The van der Waals surface area contributed by atoms with Gasteiger partial charge in [0.2, 0.25) is 0 Å². The Bertz CT molecular complexity index is 708. The van der Waals surface area contributed by atoms with E-state index in [0.717, 1.165) is 35.4 Å². The minimum Gasteiger partial charge on any atom is -0.497 e. The van der Waals surface area contributed by atoms with Crippen LogP contribution in [0, 0.1) is 0 Å². The Labute approximate surface area is 117 Å². The second-order valence-corrected chi connectivity index (χ2v) is 5.31. The molecule has 2 aliphatic heterocycles. The van der Waals surface area contributed by atoms with Crippen molar-refractivity contribution in [3.63, 3.8) is 0 Å². The molecule has 100 valence electrons. The molecule has 1 atom stereocenters. The molecule has 0 N–H and O–H groups in total. The number of aryl methyl sites for hydroxylation is 1. The van der Waals surface area contributed by atoms with E-state index in [1.165, 1.54) is 5.56 Å². The number of carbonyl (C=O) groups excluding carboxylic acids is 1. The van der Waals surface area contributed by atoms with Crippen molar-refractivity contribution in [2.75, 3.05) is 12.0 Å². The molecule has 0 saturated carbocycles. The zero-order valence-corrected chi connectivity index (χ0v) is 11.3. The first-order chi connectivity index (χ1) is 9.79. The van der Waals surface area contributed by atoms with Crippen LogP contribution in [0.4, 0.5) is 5.69 Å². The van der Waals surface area contributed by atoms with E-state index >= 15 is 0 Å². The number of anilines is 1. The number of hydrogen-bond donors (Lipinski definition) is 0. The zero-order valence-electron chi connectivity index (χ0n) is 11.3. The van der Waals surface area contributed by atoms with Crippen LogP contribution in [-0.4, -0.2) is 13.0 Å². The van der Waals surface area contributed by atoms with Gasteiger partial charge in [0.25, 0.3) is 5.91 Å². The summed E-state index contributed by atoms with van der Waals surface area (Å²) < 4.78 is 5.24. The Hall–Kier alpha value is -2.29. The zero-order chi connectivity index (χ0) is 13.7. The molecule has 20 heavy (non-hydrogen) atoms. The molecule has 0 saturated heterocycles. The standard InChI is InChI=1S/C17H15NO2/c1-20-12-7-8-13-14(10-12)17(19)18-15-5-3-2-4-11(15)6-9-16(13)18/h2-5,7-8,10,16H,6,9H2,1H3. The van der Waals surface area contributed by atoms with Crippen molar-refractivity contribution in [2.24, 2.45) is 0 Å². The fourth-order valence-electron chi connectivity index (χ4n) is 3.36. The Morgan fingerprint density at radius 2 is 2.05 bits per heavy atom. The van der Waals surface area contributed by atoms with Crippen LogP contribution < -0.4 is 9.64 Å². The van der Waals surface area contributed by atoms with E-state index in [1.807, 2.05) is 41.3 Å². The van der Waals surface area contributed by atoms with Crippen LogP contribution in [0.1, 0.15) is 33.9 Å². The van der Waals surface area contributed by atoms with Gasteiger partial charge < -0.3 is 9.64 Å². The molecule has 2 aromatic rings. The van der Waals surface area contributed by atoms with Gasteiger partial charge in [0.1, 0.15) is 5.75 Å². The number of methoxy groups -OCH3 is 1. The molecule has 2 aliphatic rings. The highest BCUT2D eigenvalue weighted by molar-refractivity contribution is 6.12. The van der Waals surface area contributed by atoms with Gasteiger partial charge in [0, 0.05) is 11.3 Å². The van der Waals surface area contributed by atoms with Crippen molar-refractivity contribution in [1.29, 1.82) is 0 Å². The summed E-state index contributed by atoms with van der Waals surface area (Å²) in [6.07, 6.45) is 2.01. The second-order valence-electron chi connectivity index (χ2n) is 5.31. The average Bonchev–Trinajstić information content (AvgIpc) is 2.80. The monoisotopic (exact) mass is 265 g/mol. The average molecular weight is 265 g/mol. The van der Waals surface area contributed by atoms with Crippen molar-refractivity contribution in [3.8, 4) is 5.75 Å². The molecule has 0 bridgehead atoms. The predicted molar refractivity (Wildman–Crippen MR) is 77.3 cm³/mol. The van der Waals surface area contributed by atoms with Gasteiger partial charge >= 0.3 is 0 Å². The Kier molecular flexibility index (Phi) is 2.36. The summed E-state index contributed by atoms with van der Waals surface area (Å²) in [6.45, 7) is 0. The van der Waals surface area contributed by atoms with Crippen LogP contribution >= 0.6 is 0 Å². The smallest absolute Gasteiger partial charge is 0.259 e. The third-order valence-electron chi connectivity index (χ3n) is 4.32. The van der Waals surface area contributed by atoms with E-state index in [0.29, 0.717) is 0 Å². The van der Waals surface area contributed by atoms with E-state index in [2.05, 4.69) is 6.07 Å². The van der Waals surface area contributed by atoms with Gasteiger partial charge in [-0.2, -0.15) is 0 Å². The maximum atomic E-state index is 12.7. The van der Waals surface area contributed by atoms with Gasteiger partial charge in [-0.15, -0.1) is 0 Å². The molecule has 0 aliphatic carbocycles. The predicted octanol–water partition coefficient (Wildman–Crippen LogP) is 3.34. The highest BCUT2D eigenvalue weighted by Crippen LogP contribution is 2.45. The molecule has 1 amide bonds. The first kappa shape index (κ1) is 11.5. The second kappa shape index (κ2) is 4.10. The Morgan fingerprint density at radius 1 is 1.20 bits per heavy atom. The lowest BCUT2D eigenvalue weighted by Gasteiger charge is -2.32. The van der Waals surface area contributed by atoms with Crippen molar-refractivity contribution >= 4 is 11.6 Å². The van der Waals surface area contributed by atoms with Crippen molar-refractivity contribution < 1.29 is 9.53 Å². The number of carbonyl (C=O) groups is 1. The highest BCUT2D eigenvalue weighted by atomic mass is 16.5. The van der Waals surface area contributed by atoms with Crippen LogP contribution in [0.5, 0.6) is 5.75 Å². The first-order valence-electron chi connectivity index (χ1n) is 6.89. The van der Waals surface area contributed by atoms with Gasteiger partial charge in [-0.05, 0) is 42.2 Å². The third kappa shape index (κ3) is 1.43. The molecule has 0 fully saturated rings. The number of hydrogen-bond acceptors (Lipinski definition) is 2. The largest absolute Gasteiger partial charge is 0.497 e. The number of benzene rings is 2. The van der Waals surface area contributed by atoms with E-state index in [-0.39, 0.29) is 11.9 Å². The first-order valence-corrected chi connectivity index (χ1v) is 6.89. The molecule has 0 aromatic heterocycles. The van der Waals surface area contributed by atoms with Gasteiger partial charge in [0.15, 0.2) is 0 Å². The molecule has 3 nitrogen and oxygen atoms in total. The molecule has 2 aromatic carbocycles. The van der Waals surface area contributed by atoms with Crippen LogP contribution in [0.3, 0.4) is 0 Å². The number of amides is 1. The minimum absolute atomic E-state index is 0.0936. The lowest BCUT2D eigenvalue weighted by atomic mass is 9.93. The summed E-state index contributed by atoms with van der Waals surface area (Å²) in [5.74, 6) is 0.835. The normalized spacial score (nSPS) is 19.4. The highest BCUT2D eigenvalue weighted by Gasteiger charge is 2.40. The molecule has 1 unspecified atom stereocenters. The number of nitrogens with zero attached hydrogens (tertiary/aromatic N) is 1. The van der Waals surface area contributed by atoms with E-state index in [9.17, 15) is 4.79 Å². The number of rotatable bonds is 1. The van der Waals surface area contributed by atoms with Crippen molar-refractivity contribution in [3.05, 3.63) is 59.2 Å². The fourth-order valence-corrected chi connectivity index (χ4v) is 3.36. The Balaban J connectivity index is 1.87. The molecule has 4 rings (SSSR count). The Morgan fingerprint density at radius 3 is 2.90 bits per heavy atom. The molecule has 2 heterocycles. The van der Waals surface area contributed by atoms with Crippen molar-refractivity contribution in [2.45, 2.75) is 18.9 Å². The lowest BCUT2D eigenvalue weighted by molar-refractivity contribution is 0.0988. The van der Waals surface area contributed by atoms with Gasteiger partial charge in [-0.25, -0.2) is 0 Å². The van der Waals surface area contributed by atoms with E-state index in [1.54, 1.807) is 7.11 Å². The quantitative estimate of drug-likeness (QED) is 0.791. The van der Waals surface area contributed by atoms with Crippen molar-refractivity contribution in [1.82, 2.24) is 0 Å². The SMILES string of the molecule is COc1ccc2c(c1)C(=O)N1c3ccccc3CCC21. The number of ether oxygens (including phenoxy) is 1. The number of para-hydroxylation sites is 1. The van der Waals surface area contributed by atoms with E-state index < -0.39 is 0 Å². The van der Waals surface area contributed by atoms with Crippen LogP contribution in [-0.2, 0) is 6.42 Å². The maximum absolute atomic E-state index is 12.7. The molecular weight excluding hydrogens is 250 g/mol. The summed E-state index contributed by atoms with van der Waals surface area (Å²) in [5.41, 5.74) is 4.23.